The normalized spacial score (nSPS) is 11.2. The predicted molar refractivity (Wildman–Crippen MR) is 93.8 cm³/mol. The van der Waals surface area contributed by atoms with E-state index >= 15 is 0 Å². The molecule has 1 aromatic heterocycles. The summed E-state index contributed by atoms with van der Waals surface area (Å²) in [6.07, 6.45) is 0. The van der Waals surface area contributed by atoms with Crippen LogP contribution in [0.2, 0.25) is 0 Å². The van der Waals surface area contributed by atoms with Crippen LogP contribution in [-0.2, 0) is 4.74 Å². The smallest absolute Gasteiger partial charge is 0.255 e. The highest BCUT2D eigenvalue weighted by atomic mass is 16.5. The number of amides is 1. The fraction of sp³-hybridized carbons (Fsp3) is 0.474. The Labute approximate surface area is 138 Å². The number of benzene rings is 1. The second kappa shape index (κ2) is 7.55. The van der Waals surface area contributed by atoms with E-state index < -0.39 is 0 Å². The van der Waals surface area contributed by atoms with Gasteiger partial charge in [0.25, 0.3) is 5.91 Å². The summed E-state index contributed by atoms with van der Waals surface area (Å²) >= 11 is 0. The summed E-state index contributed by atoms with van der Waals surface area (Å²) < 4.78 is 5.15. The number of methoxy groups -OCH3 is 1. The topological polar surface area (TPSA) is 42.4 Å². The average molecular weight is 314 g/mol. The van der Waals surface area contributed by atoms with E-state index in [9.17, 15) is 4.79 Å². The molecule has 0 radical (unpaired) electrons. The van der Waals surface area contributed by atoms with Crippen molar-refractivity contribution >= 4 is 16.8 Å². The maximum atomic E-state index is 13.0. The highest BCUT2D eigenvalue weighted by Crippen LogP contribution is 2.20. The summed E-state index contributed by atoms with van der Waals surface area (Å²) in [5, 5.41) is 1.01. The highest BCUT2D eigenvalue weighted by Gasteiger charge is 2.19. The fourth-order valence-electron chi connectivity index (χ4n) is 2.70. The molecule has 1 heterocycles. The number of fused-ring (bicyclic) bond motifs is 1. The Hall–Kier alpha value is -1.94. The molecule has 0 aliphatic rings. The third-order valence-corrected chi connectivity index (χ3v) is 3.83. The van der Waals surface area contributed by atoms with Crippen LogP contribution in [0.5, 0.6) is 0 Å². The Balaban J connectivity index is 2.38. The molecule has 2 rings (SSSR count). The van der Waals surface area contributed by atoms with Gasteiger partial charge in [0.2, 0.25) is 0 Å². The zero-order valence-corrected chi connectivity index (χ0v) is 14.7. The lowest BCUT2D eigenvalue weighted by Crippen LogP contribution is -2.37. The number of carbonyl (C=O) groups is 1. The van der Waals surface area contributed by atoms with Crippen molar-refractivity contribution in [2.75, 3.05) is 26.8 Å². The Kier molecular flexibility index (Phi) is 5.72. The molecule has 4 heteroatoms. The molecular weight excluding hydrogens is 288 g/mol. The van der Waals surface area contributed by atoms with Crippen LogP contribution in [0.1, 0.15) is 35.5 Å². The van der Waals surface area contributed by atoms with E-state index in [-0.39, 0.29) is 5.91 Å². The molecule has 1 aromatic carbocycles. The Morgan fingerprint density at radius 1 is 1.26 bits per heavy atom. The molecule has 0 saturated carbocycles. The van der Waals surface area contributed by atoms with Gasteiger partial charge in [-0.1, -0.05) is 25.5 Å². The summed E-state index contributed by atoms with van der Waals surface area (Å²) in [6, 6.07) is 8.08. The maximum Gasteiger partial charge on any atom is 0.255 e. The van der Waals surface area contributed by atoms with Gasteiger partial charge in [-0.15, -0.1) is 0 Å². The molecule has 0 aliphatic heterocycles. The van der Waals surface area contributed by atoms with Crippen LogP contribution in [0.4, 0.5) is 0 Å². The lowest BCUT2D eigenvalue weighted by Gasteiger charge is -2.25. The molecule has 0 fully saturated rings. The zero-order chi connectivity index (χ0) is 17.0. The Bertz CT molecular complexity index is 695. The molecule has 0 saturated heterocycles. The van der Waals surface area contributed by atoms with Gasteiger partial charge in [0, 0.05) is 25.6 Å². The number of ether oxygens (including phenoxy) is 1. The largest absolute Gasteiger partial charge is 0.383 e. The van der Waals surface area contributed by atoms with Crippen molar-refractivity contribution in [2.24, 2.45) is 5.92 Å². The second-order valence-electron chi connectivity index (χ2n) is 6.46. The molecule has 2 aromatic rings. The monoisotopic (exact) mass is 314 g/mol. The number of aryl methyl sites for hydroxylation is 2. The van der Waals surface area contributed by atoms with Crippen molar-refractivity contribution in [1.29, 1.82) is 0 Å². The minimum absolute atomic E-state index is 0.0316. The maximum absolute atomic E-state index is 13.0. The third kappa shape index (κ3) is 4.29. The quantitative estimate of drug-likeness (QED) is 0.818. The van der Waals surface area contributed by atoms with Gasteiger partial charge in [-0.3, -0.25) is 9.78 Å². The predicted octanol–water partition coefficient (Wildman–Crippen LogP) is 3.60. The van der Waals surface area contributed by atoms with Crippen molar-refractivity contribution < 1.29 is 9.53 Å². The number of nitrogens with zero attached hydrogens (tertiary/aromatic N) is 2. The van der Waals surface area contributed by atoms with E-state index in [1.165, 1.54) is 5.56 Å². The van der Waals surface area contributed by atoms with E-state index in [4.69, 9.17) is 4.74 Å². The molecule has 0 N–H and O–H groups in total. The van der Waals surface area contributed by atoms with Crippen molar-refractivity contribution in [3.05, 3.63) is 41.1 Å². The van der Waals surface area contributed by atoms with E-state index in [1.807, 2.05) is 36.9 Å². The minimum atomic E-state index is 0.0316. The zero-order valence-electron chi connectivity index (χ0n) is 14.7. The van der Waals surface area contributed by atoms with Crippen molar-refractivity contribution in [2.45, 2.75) is 27.7 Å². The standard InChI is InChI=1S/C19H26N2O2/c1-13(2)12-21(8-9-23-5)19(22)17-11-16-10-14(3)6-7-18(16)20-15(17)4/h6-7,10-11,13H,8-9,12H2,1-5H3. The van der Waals surface area contributed by atoms with Crippen LogP contribution in [-0.4, -0.2) is 42.6 Å². The summed E-state index contributed by atoms with van der Waals surface area (Å²) in [5.74, 6) is 0.441. The van der Waals surface area contributed by atoms with Crippen LogP contribution >= 0.6 is 0 Å². The van der Waals surface area contributed by atoms with Crippen molar-refractivity contribution in [3.63, 3.8) is 0 Å². The number of aromatic nitrogens is 1. The molecule has 0 aliphatic carbocycles. The molecule has 0 spiro atoms. The van der Waals surface area contributed by atoms with Gasteiger partial charge in [0.05, 0.1) is 23.4 Å². The summed E-state index contributed by atoms with van der Waals surface area (Å²) in [4.78, 5) is 19.4. The van der Waals surface area contributed by atoms with Gasteiger partial charge >= 0.3 is 0 Å². The fourth-order valence-corrected chi connectivity index (χ4v) is 2.70. The third-order valence-electron chi connectivity index (χ3n) is 3.83. The van der Waals surface area contributed by atoms with E-state index in [0.29, 0.717) is 31.2 Å². The first-order chi connectivity index (χ1) is 10.9. The van der Waals surface area contributed by atoms with Crippen molar-refractivity contribution in [3.8, 4) is 0 Å². The molecule has 23 heavy (non-hydrogen) atoms. The SMILES string of the molecule is COCCN(CC(C)C)C(=O)c1cc2cc(C)ccc2nc1C. The van der Waals surface area contributed by atoms with Crippen molar-refractivity contribution in [1.82, 2.24) is 9.88 Å². The van der Waals surface area contributed by atoms with Crippen LogP contribution in [0.25, 0.3) is 10.9 Å². The van der Waals surface area contributed by atoms with Crippen LogP contribution in [0.3, 0.4) is 0 Å². The lowest BCUT2D eigenvalue weighted by atomic mass is 10.1. The van der Waals surface area contributed by atoms with E-state index in [1.54, 1.807) is 7.11 Å². The summed E-state index contributed by atoms with van der Waals surface area (Å²) in [7, 11) is 1.66. The number of carbonyl (C=O) groups excluding carboxylic acids is 1. The second-order valence-corrected chi connectivity index (χ2v) is 6.46. The van der Waals surface area contributed by atoms with Crippen LogP contribution in [0.15, 0.2) is 24.3 Å². The van der Waals surface area contributed by atoms with E-state index in [2.05, 4.69) is 24.9 Å². The van der Waals surface area contributed by atoms with Gasteiger partial charge < -0.3 is 9.64 Å². The molecule has 1 amide bonds. The van der Waals surface area contributed by atoms with Gasteiger partial charge in [0.15, 0.2) is 0 Å². The number of hydrogen-bond donors (Lipinski definition) is 0. The summed E-state index contributed by atoms with van der Waals surface area (Å²) in [6.45, 7) is 10.0. The van der Waals surface area contributed by atoms with E-state index in [0.717, 1.165) is 16.6 Å². The number of hydrogen-bond acceptors (Lipinski definition) is 3. The van der Waals surface area contributed by atoms with Gasteiger partial charge in [-0.2, -0.15) is 0 Å². The Morgan fingerprint density at radius 2 is 2.00 bits per heavy atom. The first kappa shape index (κ1) is 17.4. The first-order valence-corrected chi connectivity index (χ1v) is 8.08. The van der Waals surface area contributed by atoms with Gasteiger partial charge in [0.1, 0.15) is 0 Å². The van der Waals surface area contributed by atoms with Gasteiger partial charge in [-0.25, -0.2) is 0 Å². The van der Waals surface area contributed by atoms with Crippen LogP contribution < -0.4 is 0 Å². The van der Waals surface area contributed by atoms with Crippen LogP contribution in [0, 0.1) is 19.8 Å². The number of pyridine rings is 1. The minimum Gasteiger partial charge on any atom is -0.383 e. The number of rotatable bonds is 6. The highest BCUT2D eigenvalue weighted by molar-refractivity contribution is 5.98. The molecule has 0 atom stereocenters. The molecular formula is C19H26N2O2. The summed E-state index contributed by atoms with van der Waals surface area (Å²) in [5.41, 5.74) is 3.55. The molecule has 0 bridgehead atoms. The molecule has 4 nitrogen and oxygen atoms in total. The molecule has 0 unspecified atom stereocenters. The lowest BCUT2D eigenvalue weighted by molar-refractivity contribution is 0.0671. The average Bonchev–Trinajstić information content (AvgIpc) is 2.50. The molecule has 124 valence electrons. The Morgan fingerprint density at radius 3 is 2.65 bits per heavy atom. The first-order valence-electron chi connectivity index (χ1n) is 8.08. The van der Waals surface area contributed by atoms with Gasteiger partial charge in [-0.05, 0) is 38.0 Å².